The highest BCUT2D eigenvalue weighted by molar-refractivity contribution is 5.82. The van der Waals surface area contributed by atoms with Gasteiger partial charge in [-0.3, -0.25) is 9.69 Å². The molecule has 0 spiro atoms. The van der Waals surface area contributed by atoms with Crippen LogP contribution in [-0.2, 0) is 22.6 Å². The van der Waals surface area contributed by atoms with Gasteiger partial charge in [0.2, 0.25) is 5.91 Å². The Bertz CT molecular complexity index is 873. The Labute approximate surface area is 197 Å². The Kier molecular flexibility index (Phi) is 9.66. The maximum absolute atomic E-state index is 13.5. The van der Waals surface area contributed by atoms with E-state index in [1.54, 1.807) is 19.2 Å². The molecule has 1 aliphatic heterocycles. The van der Waals surface area contributed by atoms with Crippen molar-refractivity contribution in [2.24, 2.45) is 0 Å². The number of hydrogen-bond donors (Lipinski definition) is 2. The van der Waals surface area contributed by atoms with Gasteiger partial charge in [-0.05, 0) is 55.7 Å². The highest BCUT2D eigenvalue weighted by Crippen LogP contribution is 2.23. The number of ether oxygens (including phenoxy) is 1. The second kappa shape index (κ2) is 12.7. The van der Waals surface area contributed by atoms with E-state index in [-0.39, 0.29) is 23.8 Å². The second-order valence-electron chi connectivity index (χ2n) is 8.51. The van der Waals surface area contributed by atoms with Gasteiger partial charge in [0, 0.05) is 58.1 Å². The standard InChI is InChI=1S/C26H37FN4O2/c1-4-30(5-2)24-11-9-20(10-12-24)18-31-19-23(16-25(31)26(32)28-13-14-33-3)29-17-21-7-6-8-22(27)15-21/h6-12,15,23,25,29H,4-5,13-14,16-19H2,1-3H3,(H,28,32)/t23-,25-/m0/s1. The fourth-order valence-electron chi connectivity index (χ4n) is 4.44. The summed E-state index contributed by atoms with van der Waals surface area (Å²) in [6.45, 7) is 9.30. The van der Waals surface area contributed by atoms with E-state index in [4.69, 9.17) is 4.74 Å². The van der Waals surface area contributed by atoms with Gasteiger partial charge in [0.15, 0.2) is 0 Å². The van der Waals surface area contributed by atoms with Crippen molar-refractivity contribution in [1.82, 2.24) is 15.5 Å². The summed E-state index contributed by atoms with van der Waals surface area (Å²) in [7, 11) is 1.63. The predicted molar refractivity (Wildman–Crippen MR) is 131 cm³/mol. The van der Waals surface area contributed by atoms with Crippen molar-refractivity contribution in [1.29, 1.82) is 0 Å². The lowest BCUT2D eigenvalue weighted by atomic mass is 10.1. The average Bonchev–Trinajstić information content (AvgIpc) is 3.22. The van der Waals surface area contributed by atoms with Crippen LogP contribution < -0.4 is 15.5 Å². The molecule has 0 unspecified atom stereocenters. The number of rotatable bonds is 12. The quantitative estimate of drug-likeness (QED) is 0.481. The van der Waals surface area contributed by atoms with Crippen molar-refractivity contribution >= 4 is 11.6 Å². The number of carbonyl (C=O) groups excluding carboxylic acids is 1. The van der Waals surface area contributed by atoms with Crippen molar-refractivity contribution < 1.29 is 13.9 Å². The van der Waals surface area contributed by atoms with E-state index in [1.807, 2.05) is 6.07 Å². The van der Waals surface area contributed by atoms with Gasteiger partial charge in [-0.25, -0.2) is 4.39 Å². The first-order valence-electron chi connectivity index (χ1n) is 11.9. The summed E-state index contributed by atoms with van der Waals surface area (Å²) in [5.74, 6) is -0.201. The van der Waals surface area contributed by atoms with Gasteiger partial charge >= 0.3 is 0 Å². The van der Waals surface area contributed by atoms with Crippen molar-refractivity contribution in [3.8, 4) is 0 Å². The smallest absolute Gasteiger partial charge is 0.237 e. The molecule has 0 aromatic heterocycles. The lowest BCUT2D eigenvalue weighted by Gasteiger charge is -2.25. The molecule has 0 saturated carbocycles. The zero-order valence-electron chi connectivity index (χ0n) is 20.0. The number of amides is 1. The number of carbonyl (C=O) groups is 1. The van der Waals surface area contributed by atoms with E-state index in [2.05, 4.69) is 58.5 Å². The first-order valence-corrected chi connectivity index (χ1v) is 11.9. The number of benzene rings is 2. The summed E-state index contributed by atoms with van der Waals surface area (Å²) >= 11 is 0. The molecule has 7 heteroatoms. The third-order valence-corrected chi connectivity index (χ3v) is 6.25. The van der Waals surface area contributed by atoms with Crippen LogP contribution in [0, 0.1) is 5.82 Å². The molecule has 2 atom stereocenters. The van der Waals surface area contributed by atoms with Crippen LogP contribution in [0.2, 0.25) is 0 Å². The van der Waals surface area contributed by atoms with Crippen molar-refractivity contribution in [3.63, 3.8) is 0 Å². The lowest BCUT2D eigenvalue weighted by molar-refractivity contribution is -0.125. The molecule has 3 rings (SSSR count). The fraction of sp³-hybridized carbons (Fsp3) is 0.500. The third-order valence-electron chi connectivity index (χ3n) is 6.25. The molecule has 1 fully saturated rings. The number of halogens is 1. The van der Waals surface area contributed by atoms with Crippen LogP contribution in [-0.4, -0.2) is 62.8 Å². The molecule has 2 aromatic carbocycles. The minimum atomic E-state index is -0.231. The first-order chi connectivity index (χ1) is 16.0. The number of anilines is 1. The second-order valence-corrected chi connectivity index (χ2v) is 8.51. The summed E-state index contributed by atoms with van der Waals surface area (Å²) in [4.78, 5) is 17.5. The van der Waals surface area contributed by atoms with Gasteiger partial charge in [-0.2, -0.15) is 0 Å². The Hall–Kier alpha value is -2.48. The van der Waals surface area contributed by atoms with Crippen LogP contribution in [0.5, 0.6) is 0 Å². The van der Waals surface area contributed by atoms with E-state index in [0.29, 0.717) is 32.7 Å². The summed E-state index contributed by atoms with van der Waals surface area (Å²) in [6, 6.07) is 15.2. The van der Waals surface area contributed by atoms with E-state index in [0.717, 1.165) is 25.2 Å². The molecule has 2 aromatic rings. The monoisotopic (exact) mass is 456 g/mol. The van der Waals surface area contributed by atoms with Gasteiger partial charge in [-0.15, -0.1) is 0 Å². The van der Waals surface area contributed by atoms with Crippen LogP contribution >= 0.6 is 0 Å². The highest BCUT2D eigenvalue weighted by Gasteiger charge is 2.36. The third kappa shape index (κ3) is 7.25. The number of methoxy groups -OCH3 is 1. The fourth-order valence-corrected chi connectivity index (χ4v) is 4.44. The Balaban J connectivity index is 1.65. The number of nitrogens with zero attached hydrogens (tertiary/aromatic N) is 2. The predicted octanol–water partition coefficient (Wildman–Crippen LogP) is 3.17. The molecule has 0 radical (unpaired) electrons. The molecule has 2 N–H and O–H groups in total. The molecule has 180 valence electrons. The normalized spacial score (nSPS) is 18.4. The topological polar surface area (TPSA) is 56.8 Å². The SMILES string of the molecule is CCN(CC)c1ccc(CN2C[C@@H](NCc3cccc(F)c3)C[C@H]2C(=O)NCCOC)cc1. The van der Waals surface area contributed by atoms with E-state index >= 15 is 0 Å². The first kappa shape index (κ1) is 25.1. The maximum Gasteiger partial charge on any atom is 0.237 e. The highest BCUT2D eigenvalue weighted by atomic mass is 19.1. The Morgan fingerprint density at radius 2 is 1.91 bits per heavy atom. The zero-order valence-corrected chi connectivity index (χ0v) is 20.0. The van der Waals surface area contributed by atoms with Crippen LogP contribution in [0.3, 0.4) is 0 Å². The van der Waals surface area contributed by atoms with E-state index in [1.165, 1.54) is 17.3 Å². The van der Waals surface area contributed by atoms with Crippen LogP contribution in [0.15, 0.2) is 48.5 Å². The summed E-state index contributed by atoms with van der Waals surface area (Å²) < 4.78 is 18.6. The summed E-state index contributed by atoms with van der Waals surface area (Å²) in [5, 5.41) is 6.51. The Morgan fingerprint density at radius 3 is 2.58 bits per heavy atom. The lowest BCUT2D eigenvalue weighted by Crippen LogP contribution is -2.43. The van der Waals surface area contributed by atoms with Gasteiger partial charge in [0.1, 0.15) is 5.82 Å². The molecule has 0 aliphatic carbocycles. The molecule has 1 aliphatic rings. The molecule has 0 bridgehead atoms. The number of hydrogen-bond acceptors (Lipinski definition) is 5. The van der Waals surface area contributed by atoms with Crippen LogP contribution in [0.4, 0.5) is 10.1 Å². The largest absolute Gasteiger partial charge is 0.383 e. The molecular formula is C26H37FN4O2. The molecule has 33 heavy (non-hydrogen) atoms. The van der Waals surface area contributed by atoms with Gasteiger partial charge < -0.3 is 20.3 Å². The van der Waals surface area contributed by atoms with Crippen molar-refractivity contribution in [2.75, 3.05) is 44.8 Å². The van der Waals surface area contributed by atoms with Gasteiger partial charge in [0.25, 0.3) is 0 Å². The van der Waals surface area contributed by atoms with Crippen molar-refractivity contribution in [2.45, 2.75) is 45.4 Å². The Morgan fingerprint density at radius 1 is 1.15 bits per heavy atom. The summed E-state index contributed by atoms with van der Waals surface area (Å²) in [5.41, 5.74) is 3.31. The summed E-state index contributed by atoms with van der Waals surface area (Å²) in [6.07, 6.45) is 0.714. The van der Waals surface area contributed by atoms with Crippen molar-refractivity contribution in [3.05, 3.63) is 65.5 Å². The van der Waals surface area contributed by atoms with Crippen LogP contribution in [0.25, 0.3) is 0 Å². The van der Waals surface area contributed by atoms with Gasteiger partial charge in [-0.1, -0.05) is 24.3 Å². The minimum Gasteiger partial charge on any atom is -0.383 e. The molecular weight excluding hydrogens is 419 g/mol. The number of nitrogens with one attached hydrogen (secondary N) is 2. The molecule has 1 amide bonds. The molecule has 1 saturated heterocycles. The zero-order chi connectivity index (χ0) is 23.6. The maximum atomic E-state index is 13.5. The average molecular weight is 457 g/mol. The number of likely N-dealkylation sites (tertiary alicyclic amines) is 1. The van der Waals surface area contributed by atoms with E-state index in [9.17, 15) is 9.18 Å². The van der Waals surface area contributed by atoms with E-state index < -0.39 is 0 Å². The molecule has 1 heterocycles. The van der Waals surface area contributed by atoms with Gasteiger partial charge in [0.05, 0.1) is 12.6 Å². The van der Waals surface area contributed by atoms with Crippen LogP contribution in [0.1, 0.15) is 31.4 Å². The minimum absolute atomic E-state index is 0.0295. The molecule has 6 nitrogen and oxygen atoms in total.